The Labute approximate surface area is 234 Å². The number of ether oxygens (including phenoxy) is 2. The Balaban J connectivity index is 1.11. The summed E-state index contributed by atoms with van der Waals surface area (Å²) in [6.07, 6.45) is 2.32. The number of furan rings is 1. The van der Waals surface area contributed by atoms with E-state index in [1.54, 1.807) is 12.1 Å². The summed E-state index contributed by atoms with van der Waals surface area (Å²) in [6.45, 7) is 3.25. The van der Waals surface area contributed by atoms with Crippen molar-refractivity contribution in [2.24, 2.45) is 5.73 Å². The summed E-state index contributed by atoms with van der Waals surface area (Å²) in [6, 6.07) is 13.1. The molecule has 2 aliphatic heterocycles. The zero-order chi connectivity index (χ0) is 28.6. The van der Waals surface area contributed by atoms with Crippen LogP contribution in [-0.2, 0) is 30.0 Å². The van der Waals surface area contributed by atoms with Gasteiger partial charge in [-0.1, -0.05) is 12.1 Å². The summed E-state index contributed by atoms with van der Waals surface area (Å²) in [7, 11) is 0. The van der Waals surface area contributed by atoms with Gasteiger partial charge in [-0.25, -0.2) is 14.2 Å². The van der Waals surface area contributed by atoms with E-state index in [1.165, 1.54) is 18.2 Å². The molecular weight excluding hydrogens is 531 g/mol. The Morgan fingerprint density at radius 1 is 1.24 bits per heavy atom. The number of aromatic carboxylic acids is 1. The molecule has 0 spiro atoms. The molecule has 2 fully saturated rings. The third-order valence-corrected chi connectivity index (χ3v) is 7.82. The summed E-state index contributed by atoms with van der Waals surface area (Å²) in [5.74, 6) is -0.625. The lowest BCUT2D eigenvalue weighted by Crippen LogP contribution is -2.48. The quantitative estimate of drug-likeness (QED) is 0.311. The molecule has 0 amide bonds. The fraction of sp³-hybridized carbons (Fsp3) is 0.379. The molecule has 6 rings (SSSR count). The molecule has 2 saturated heterocycles. The first-order valence-corrected chi connectivity index (χ1v) is 13.5. The van der Waals surface area contributed by atoms with Crippen LogP contribution in [0.15, 0.2) is 46.9 Å². The number of likely N-dealkylation sites (tertiary alicyclic amines) is 1. The molecule has 41 heavy (non-hydrogen) atoms. The molecule has 5 heterocycles. The van der Waals surface area contributed by atoms with E-state index in [-0.39, 0.29) is 24.0 Å². The van der Waals surface area contributed by atoms with Gasteiger partial charge in [-0.2, -0.15) is 10.2 Å². The average Bonchev–Trinajstić information content (AvgIpc) is 3.50. The van der Waals surface area contributed by atoms with Crippen molar-refractivity contribution in [3.05, 3.63) is 76.7 Å². The van der Waals surface area contributed by atoms with Crippen LogP contribution in [0.25, 0.3) is 11.2 Å². The van der Waals surface area contributed by atoms with Crippen molar-refractivity contribution in [1.82, 2.24) is 19.4 Å². The second-order valence-corrected chi connectivity index (χ2v) is 10.5. The SMILES string of the molecule is N#Cc1ccc(COc2cccc(C3(N)CCN(Cc4nc5oc(C(=O)O)cc5n4C[C@@H]4CCO4)CC3)n2)c(F)c1. The molecule has 2 aliphatic rings. The highest BCUT2D eigenvalue weighted by molar-refractivity contribution is 5.89. The lowest BCUT2D eigenvalue weighted by atomic mass is 9.85. The summed E-state index contributed by atoms with van der Waals surface area (Å²) in [5.41, 5.74) is 8.43. The summed E-state index contributed by atoms with van der Waals surface area (Å²) >= 11 is 0. The number of aromatic nitrogens is 3. The molecule has 1 atom stereocenters. The van der Waals surface area contributed by atoms with Gasteiger partial charge in [0.15, 0.2) is 0 Å². The number of carboxylic acids is 1. The smallest absolute Gasteiger partial charge is 0.371 e. The van der Waals surface area contributed by atoms with Gasteiger partial charge in [-0.05, 0) is 37.5 Å². The second kappa shape index (κ2) is 10.9. The van der Waals surface area contributed by atoms with Crippen molar-refractivity contribution < 1.29 is 28.2 Å². The fourth-order valence-corrected chi connectivity index (χ4v) is 5.25. The number of pyridine rings is 1. The third kappa shape index (κ3) is 5.52. The van der Waals surface area contributed by atoms with Crippen molar-refractivity contribution in [3.63, 3.8) is 0 Å². The number of nitriles is 1. The maximum Gasteiger partial charge on any atom is 0.371 e. The van der Waals surface area contributed by atoms with Crippen LogP contribution in [0.3, 0.4) is 0 Å². The van der Waals surface area contributed by atoms with E-state index in [4.69, 9.17) is 24.9 Å². The van der Waals surface area contributed by atoms with Crippen molar-refractivity contribution in [2.45, 2.75) is 50.6 Å². The van der Waals surface area contributed by atoms with Crippen molar-refractivity contribution in [2.75, 3.05) is 19.7 Å². The minimum Gasteiger partial charge on any atom is -0.475 e. The molecule has 212 valence electrons. The Hall–Kier alpha value is -4.31. The Morgan fingerprint density at radius 2 is 2.05 bits per heavy atom. The first kappa shape index (κ1) is 26.9. The number of halogens is 1. The molecule has 11 nitrogen and oxygen atoms in total. The molecule has 4 aromatic rings. The lowest BCUT2D eigenvalue weighted by molar-refractivity contribution is -0.0592. The molecule has 0 bridgehead atoms. The largest absolute Gasteiger partial charge is 0.475 e. The minimum absolute atomic E-state index is 0.0191. The number of hydrogen-bond donors (Lipinski definition) is 2. The van der Waals surface area contributed by atoms with Gasteiger partial charge in [-0.15, -0.1) is 0 Å². The van der Waals surface area contributed by atoms with Crippen molar-refractivity contribution in [3.8, 4) is 11.9 Å². The van der Waals surface area contributed by atoms with E-state index < -0.39 is 17.3 Å². The van der Waals surface area contributed by atoms with Gasteiger partial charge < -0.3 is 29.3 Å². The van der Waals surface area contributed by atoms with Crippen LogP contribution in [0.4, 0.5) is 4.39 Å². The predicted molar refractivity (Wildman–Crippen MR) is 143 cm³/mol. The highest BCUT2D eigenvalue weighted by Crippen LogP contribution is 2.32. The summed E-state index contributed by atoms with van der Waals surface area (Å²) in [5, 5.41) is 18.3. The molecule has 0 saturated carbocycles. The first-order chi connectivity index (χ1) is 19.8. The van der Waals surface area contributed by atoms with Crippen LogP contribution in [0.2, 0.25) is 0 Å². The maximum absolute atomic E-state index is 14.2. The Kier molecular flexibility index (Phi) is 7.17. The zero-order valence-electron chi connectivity index (χ0n) is 22.3. The normalized spacial score (nSPS) is 18.6. The molecular formula is C29H29FN6O5. The van der Waals surface area contributed by atoms with E-state index >= 15 is 0 Å². The number of imidazole rings is 1. The Morgan fingerprint density at radius 3 is 2.73 bits per heavy atom. The maximum atomic E-state index is 14.2. The average molecular weight is 561 g/mol. The highest BCUT2D eigenvalue weighted by Gasteiger charge is 2.35. The van der Waals surface area contributed by atoms with Gasteiger partial charge in [0.1, 0.15) is 23.8 Å². The van der Waals surface area contributed by atoms with Gasteiger partial charge >= 0.3 is 5.97 Å². The van der Waals surface area contributed by atoms with Crippen molar-refractivity contribution >= 4 is 17.2 Å². The van der Waals surface area contributed by atoms with Crippen LogP contribution in [0.1, 0.15) is 52.5 Å². The molecule has 0 radical (unpaired) electrons. The predicted octanol–water partition coefficient (Wildman–Crippen LogP) is 3.55. The Bertz CT molecular complexity index is 1630. The van der Waals surface area contributed by atoms with Gasteiger partial charge in [0.05, 0.1) is 42.1 Å². The topological polar surface area (TPSA) is 153 Å². The van der Waals surface area contributed by atoms with Crippen LogP contribution in [0.5, 0.6) is 5.88 Å². The number of nitrogens with two attached hydrogens (primary N) is 1. The standard InChI is InChI=1S/C29H29FN6O5/c30-21-12-18(14-31)4-5-19(21)17-40-26-3-1-2-24(33-26)29(32)7-9-35(10-8-29)16-25-34-27-22(13-23(41-27)28(37)38)36(25)15-20-6-11-39-20/h1-5,12-13,20H,6-11,15-17,32H2,(H,37,38)/t20-/m0/s1. The van der Waals surface area contributed by atoms with E-state index in [2.05, 4.69) is 14.9 Å². The van der Waals surface area contributed by atoms with Crippen LogP contribution in [-0.4, -0.2) is 56.3 Å². The van der Waals surface area contributed by atoms with Gasteiger partial charge in [-0.3, -0.25) is 4.90 Å². The molecule has 3 N–H and O–H groups in total. The number of fused-ring (bicyclic) bond motifs is 1. The third-order valence-electron chi connectivity index (χ3n) is 7.82. The van der Waals surface area contributed by atoms with Gasteiger partial charge in [0.2, 0.25) is 17.4 Å². The number of nitrogens with zero attached hydrogens (tertiary/aromatic N) is 5. The number of carboxylic acid groups (broad SMARTS) is 1. The second-order valence-electron chi connectivity index (χ2n) is 10.5. The van der Waals surface area contributed by atoms with Gasteiger partial charge in [0.25, 0.3) is 0 Å². The summed E-state index contributed by atoms with van der Waals surface area (Å²) in [4.78, 5) is 22.9. The number of benzene rings is 1. The molecule has 12 heteroatoms. The van der Waals surface area contributed by atoms with Crippen LogP contribution in [0, 0.1) is 17.1 Å². The minimum atomic E-state index is -1.13. The number of rotatable bonds is 9. The van der Waals surface area contributed by atoms with E-state index in [1.807, 2.05) is 22.8 Å². The van der Waals surface area contributed by atoms with Crippen LogP contribution >= 0.6 is 0 Å². The number of piperidine rings is 1. The summed E-state index contributed by atoms with van der Waals surface area (Å²) < 4.78 is 33.1. The zero-order valence-corrected chi connectivity index (χ0v) is 22.3. The molecule has 3 aromatic heterocycles. The number of carbonyl (C=O) groups is 1. The van der Waals surface area contributed by atoms with Crippen molar-refractivity contribution in [1.29, 1.82) is 5.26 Å². The molecule has 0 aliphatic carbocycles. The fourth-order valence-electron chi connectivity index (χ4n) is 5.25. The van der Waals surface area contributed by atoms with Crippen LogP contribution < -0.4 is 10.5 Å². The monoisotopic (exact) mass is 560 g/mol. The highest BCUT2D eigenvalue weighted by atomic mass is 19.1. The first-order valence-electron chi connectivity index (χ1n) is 13.5. The van der Waals surface area contributed by atoms with E-state index in [9.17, 15) is 14.3 Å². The number of hydrogen-bond acceptors (Lipinski definition) is 9. The van der Waals surface area contributed by atoms with E-state index in [0.29, 0.717) is 67.4 Å². The molecule has 1 aromatic carbocycles. The molecule has 0 unspecified atom stereocenters. The van der Waals surface area contributed by atoms with E-state index in [0.717, 1.165) is 18.9 Å². The van der Waals surface area contributed by atoms with Gasteiger partial charge in [0, 0.05) is 37.4 Å². The lowest BCUT2D eigenvalue weighted by Gasteiger charge is -2.38.